The average Bonchev–Trinajstić information content (AvgIpc) is 2.65. The molecule has 2 aromatic rings. The largest absolute Gasteiger partial charge is 0.361 e. The lowest BCUT2D eigenvalue weighted by molar-refractivity contribution is 0.505. The number of aromatic amines is 1. The highest BCUT2D eigenvalue weighted by Crippen LogP contribution is 2.64. The van der Waals surface area contributed by atoms with E-state index >= 15 is 0 Å². The molecule has 2 nitrogen and oxygen atoms in total. The van der Waals surface area contributed by atoms with Crippen LogP contribution in [0.15, 0.2) is 30.5 Å². The summed E-state index contributed by atoms with van der Waals surface area (Å²) in [6.07, 6.45) is 3.20. The van der Waals surface area contributed by atoms with Crippen LogP contribution in [0, 0.1) is 5.41 Å². The Labute approximate surface area is 95.8 Å². The number of nitrogens with one attached hydrogen (secondary N) is 1. The first-order valence-electron chi connectivity index (χ1n) is 5.87. The second kappa shape index (κ2) is 2.89. The molecule has 1 aromatic carbocycles. The summed E-state index contributed by atoms with van der Waals surface area (Å²) in [5, 5.41) is 1.33. The van der Waals surface area contributed by atoms with E-state index in [2.05, 4.69) is 43.1 Å². The van der Waals surface area contributed by atoms with Gasteiger partial charge in [-0.2, -0.15) is 0 Å². The Hall–Kier alpha value is -1.28. The van der Waals surface area contributed by atoms with E-state index in [1.807, 2.05) is 6.20 Å². The van der Waals surface area contributed by atoms with E-state index < -0.39 is 0 Å². The Balaban J connectivity index is 2.23. The number of benzene rings is 1. The highest BCUT2D eigenvalue weighted by Gasteiger charge is 2.61. The van der Waals surface area contributed by atoms with E-state index in [0.29, 0.717) is 5.41 Å². The van der Waals surface area contributed by atoms with Gasteiger partial charge >= 0.3 is 0 Å². The second-order valence-electron chi connectivity index (χ2n) is 5.59. The monoisotopic (exact) mass is 214 g/mol. The lowest BCUT2D eigenvalue weighted by atomic mass is 9.86. The zero-order valence-electron chi connectivity index (χ0n) is 9.88. The normalized spacial score (nSPS) is 27.2. The van der Waals surface area contributed by atoms with Crippen molar-refractivity contribution in [3.05, 3.63) is 36.0 Å². The Bertz CT molecular complexity index is 538. The maximum Gasteiger partial charge on any atom is 0.0456 e. The lowest BCUT2D eigenvalue weighted by Crippen LogP contribution is -2.25. The third-order valence-corrected chi connectivity index (χ3v) is 4.37. The van der Waals surface area contributed by atoms with Crippen molar-refractivity contribution in [3.63, 3.8) is 0 Å². The predicted molar refractivity (Wildman–Crippen MR) is 67.4 cm³/mol. The summed E-state index contributed by atoms with van der Waals surface area (Å²) in [5.41, 5.74) is 9.19. The number of hydrogen-bond donors (Lipinski definition) is 2. The van der Waals surface area contributed by atoms with Crippen molar-refractivity contribution >= 4 is 10.9 Å². The van der Waals surface area contributed by atoms with Crippen molar-refractivity contribution in [1.29, 1.82) is 0 Å². The molecule has 1 fully saturated rings. The molecule has 3 N–H and O–H groups in total. The molecule has 84 valence electrons. The summed E-state index contributed by atoms with van der Waals surface area (Å²) in [7, 11) is 0. The fourth-order valence-electron chi connectivity index (χ4n) is 3.13. The first kappa shape index (κ1) is 9.91. The highest BCUT2D eigenvalue weighted by atomic mass is 14.8. The van der Waals surface area contributed by atoms with Gasteiger partial charge in [0.25, 0.3) is 0 Å². The Kier molecular flexibility index (Phi) is 1.79. The maximum atomic E-state index is 6.03. The molecular formula is C14H18N2. The van der Waals surface area contributed by atoms with Gasteiger partial charge in [0.15, 0.2) is 0 Å². The van der Waals surface area contributed by atoms with Gasteiger partial charge in [0.1, 0.15) is 0 Å². The summed E-state index contributed by atoms with van der Waals surface area (Å²) < 4.78 is 0. The highest BCUT2D eigenvalue weighted by molar-refractivity contribution is 5.85. The molecule has 1 saturated carbocycles. The molecule has 1 heterocycles. The summed E-state index contributed by atoms with van der Waals surface area (Å²) in [6, 6.07) is 8.65. The quantitative estimate of drug-likeness (QED) is 0.793. The van der Waals surface area contributed by atoms with Gasteiger partial charge in [0.05, 0.1) is 0 Å². The molecule has 1 aliphatic carbocycles. The molecule has 0 amide bonds. The van der Waals surface area contributed by atoms with Crippen LogP contribution in [0.5, 0.6) is 0 Å². The van der Waals surface area contributed by atoms with Gasteiger partial charge in [-0.3, -0.25) is 0 Å². The van der Waals surface area contributed by atoms with Crippen LogP contribution in [0.1, 0.15) is 25.8 Å². The van der Waals surface area contributed by atoms with E-state index in [4.69, 9.17) is 5.73 Å². The van der Waals surface area contributed by atoms with Crippen LogP contribution in [-0.2, 0) is 5.41 Å². The molecular weight excluding hydrogens is 196 g/mol. The molecule has 1 atom stereocenters. The number of hydrogen-bond acceptors (Lipinski definition) is 1. The van der Waals surface area contributed by atoms with Crippen LogP contribution in [-0.4, -0.2) is 11.5 Å². The van der Waals surface area contributed by atoms with Gasteiger partial charge in [-0.1, -0.05) is 26.0 Å². The molecule has 0 saturated heterocycles. The number of nitrogens with two attached hydrogens (primary N) is 1. The fraction of sp³-hybridized carbons (Fsp3) is 0.429. The van der Waals surface area contributed by atoms with Gasteiger partial charge in [-0.15, -0.1) is 0 Å². The molecule has 0 aliphatic heterocycles. The fourth-order valence-corrected chi connectivity index (χ4v) is 3.13. The van der Waals surface area contributed by atoms with Crippen molar-refractivity contribution in [2.45, 2.75) is 25.7 Å². The molecule has 1 aliphatic rings. The lowest BCUT2D eigenvalue weighted by Gasteiger charge is -2.20. The Morgan fingerprint density at radius 2 is 2.06 bits per heavy atom. The predicted octanol–water partition coefficient (Wildman–Crippen LogP) is 2.79. The van der Waals surface area contributed by atoms with Crippen LogP contribution in [0.2, 0.25) is 0 Å². The van der Waals surface area contributed by atoms with Gasteiger partial charge in [-0.05, 0) is 29.5 Å². The minimum Gasteiger partial charge on any atom is -0.361 e. The molecule has 16 heavy (non-hydrogen) atoms. The van der Waals surface area contributed by atoms with E-state index in [0.717, 1.165) is 6.54 Å². The number of fused-ring (bicyclic) bond motifs is 1. The number of H-pyrrole nitrogens is 1. The summed E-state index contributed by atoms with van der Waals surface area (Å²) in [5.74, 6) is 0. The van der Waals surface area contributed by atoms with E-state index in [9.17, 15) is 0 Å². The standard InChI is InChI=1S/C14H18N2/c1-13(2)8-14(13,9-15)11-4-3-5-12-10(11)6-7-16-12/h3-7,16H,8-9,15H2,1-2H3. The molecule has 0 bridgehead atoms. The van der Waals surface area contributed by atoms with E-state index in [-0.39, 0.29) is 5.41 Å². The Morgan fingerprint density at radius 1 is 1.31 bits per heavy atom. The minimum atomic E-state index is 0.189. The molecule has 2 heteroatoms. The Morgan fingerprint density at radius 3 is 2.69 bits per heavy atom. The SMILES string of the molecule is CC1(C)CC1(CN)c1cccc2[nH]ccc12. The van der Waals surface area contributed by atoms with Crippen LogP contribution in [0.4, 0.5) is 0 Å². The van der Waals surface area contributed by atoms with Gasteiger partial charge in [0.2, 0.25) is 0 Å². The average molecular weight is 214 g/mol. The molecule has 0 spiro atoms. The van der Waals surface area contributed by atoms with Crippen molar-refractivity contribution in [3.8, 4) is 0 Å². The number of rotatable bonds is 2. The van der Waals surface area contributed by atoms with E-state index in [1.165, 1.54) is 22.9 Å². The maximum absolute atomic E-state index is 6.03. The third kappa shape index (κ3) is 1.05. The third-order valence-electron chi connectivity index (χ3n) is 4.37. The smallest absolute Gasteiger partial charge is 0.0456 e. The first-order chi connectivity index (χ1) is 7.61. The van der Waals surface area contributed by atoms with Gasteiger partial charge in [0, 0.05) is 29.1 Å². The second-order valence-corrected chi connectivity index (χ2v) is 5.59. The van der Waals surface area contributed by atoms with Gasteiger partial charge in [-0.25, -0.2) is 0 Å². The van der Waals surface area contributed by atoms with Crippen LogP contribution in [0.25, 0.3) is 10.9 Å². The van der Waals surface area contributed by atoms with Crippen molar-refractivity contribution in [2.75, 3.05) is 6.54 Å². The zero-order valence-corrected chi connectivity index (χ0v) is 9.88. The summed E-state index contributed by atoms with van der Waals surface area (Å²) >= 11 is 0. The number of aromatic nitrogens is 1. The van der Waals surface area contributed by atoms with Crippen molar-refractivity contribution in [2.24, 2.45) is 11.1 Å². The minimum absolute atomic E-state index is 0.189. The summed E-state index contributed by atoms with van der Waals surface area (Å²) in [4.78, 5) is 3.27. The van der Waals surface area contributed by atoms with Crippen LogP contribution >= 0.6 is 0 Å². The summed E-state index contributed by atoms with van der Waals surface area (Å²) in [6.45, 7) is 5.36. The van der Waals surface area contributed by atoms with E-state index in [1.54, 1.807) is 0 Å². The first-order valence-corrected chi connectivity index (χ1v) is 5.87. The van der Waals surface area contributed by atoms with Gasteiger partial charge < -0.3 is 10.7 Å². The van der Waals surface area contributed by atoms with Crippen LogP contribution in [0.3, 0.4) is 0 Å². The molecule has 3 rings (SSSR count). The topological polar surface area (TPSA) is 41.8 Å². The van der Waals surface area contributed by atoms with Crippen molar-refractivity contribution < 1.29 is 0 Å². The molecule has 1 aromatic heterocycles. The molecule has 1 unspecified atom stereocenters. The zero-order chi connectivity index (χ0) is 11.4. The van der Waals surface area contributed by atoms with Crippen LogP contribution < -0.4 is 5.73 Å². The van der Waals surface area contributed by atoms with Crippen molar-refractivity contribution in [1.82, 2.24) is 4.98 Å². The molecule has 0 radical (unpaired) electrons.